The van der Waals surface area contributed by atoms with Crippen LogP contribution in [0.5, 0.6) is 0 Å². The zero-order chi connectivity index (χ0) is 14.5. The fourth-order valence-corrected chi connectivity index (χ4v) is 1.93. The first-order valence-corrected chi connectivity index (χ1v) is 6.07. The van der Waals surface area contributed by atoms with Crippen LogP contribution in [0.15, 0.2) is 29.2 Å². The quantitative estimate of drug-likeness (QED) is 0.817. The van der Waals surface area contributed by atoms with Crippen LogP contribution >= 0.6 is 11.8 Å². The van der Waals surface area contributed by atoms with E-state index in [4.69, 9.17) is 10.5 Å². The highest BCUT2D eigenvalue weighted by Gasteiger charge is 2.30. The Morgan fingerprint density at radius 2 is 2.11 bits per heavy atom. The summed E-state index contributed by atoms with van der Waals surface area (Å²) in [5.41, 5.74) is 0.960. The summed E-state index contributed by atoms with van der Waals surface area (Å²) in [6.45, 7) is -0.0586. The molecule has 0 saturated carbocycles. The minimum absolute atomic E-state index is 0.0586. The minimum atomic E-state index is -4.42. The van der Waals surface area contributed by atoms with Gasteiger partial charge in [0.05, 0.1) is 5.69 Å². The number of carbonyl (C=O) groups is 1. The van der Waals surface area contributed by atoms with Gasteiger partial charge in [0, 0.05) is 18.6 Å². The van der Waals surface area contributed by atoms with Crippen LogP contribution in [0, 0.1) is 0 Å². The number of methoxy groups -OCH3 is 1. The van der Waals surface area contributed by atoms with E-state index in [1.54, 1.807) is 0 Å². The molecule has 0 aromatic heterocycles. The van der Waals surface area contributed by atoms with Crippen LogP contribution in [0.3, 0.4) is 0 Å². The Labute approximate surface area is 112 Å². The van der Waals surface area contributed by atoms with Gasteiger partial charge in [-0.15, -0.1) is 0 Å². The molecule has 19 heavy (non-hydrogen) atoms. The molecule has 0 aliphatic rings. The molecular formula is C11H13F3N2O2S. The summed E-state index contributed by atoms with van der Waals surface area (Å²) in [6.07, 6.45) is -0.899. The third-order valence-corrected chi connectivity index (χ3v) is 2.97. The van der Waals surface area contributed by atoms with E-state index in [0.717, 1.165) is 0 Å². The van der Waals surface area contributed by atoms with E-state index in [-0.39, 0.29) is 28.9 Å². The minimum Gasteiger partial charge on any atom is -0.370 e. The number of ether oxygens (including phenoxy) is 1. The van der Waals surface area contributed by atoms with Crippen LogP contribution in [0.4, 0.5) is 18.9 Å². The highest BCUT2D eigenvalue weighted by molar-refractivity contribution is 8.00. The fourth-order valence-electron chi connectivity index (χ4n) is 1.31. The Morgan fingerprint density at radius 1 is 1.47 bits per heavy atom. The Hall–Kier alpha value is -1.25. The van der Waals surface area contributed by atoms with E-state index >= 15 is 0 Å². The number of rotatable bonds is 5. The third-order valence-electron chi connectivity index (χ3n) is 2.16. The summed E-state index contributed by atoms with van der Waals surface area (Å²) in [5.74, 6) is -0.583. The summed E-state index contributed by atoms with van der Waals surface area (Å²) in [6, 6.07) is 5.65. The molecule has 106 valence electrons. The first-order chi connectivity index (χ1) is 8.87. The molecule has 1 rings (SSSR count). The molecule has 3 N–H and O–H groups in total. The zero-order valence-electron chi connectivity index (χ0n) is 10.0. The van der Waals surface area contributed by atoms with Crippen molar-refractivity contribution in [3.63, 3.8) is 0 Å². The van der Waals surface area contributed by atoms with Crippen molar-refractivity contribution in [2.75, 3.05) is 19.0 Å². The van der Waals surface area contributed by atoms with Crippen molar-refractivity contribution >= 4 is 23.4 Å². The van der Waals surface area contributed by atoms with Crippen molar-refractivity contribution in [2.45, 2.75) is 16.5 Å². The maximum atomic E-state index is 12.4. The molecule has 0 spiro atoms. The average Bonchev–Trinajstić information content (AvgIpc) is 2.31. The SMILES string of the molecule is COC(CN)C(=O)Nc1ccccc1SC(F)(F)F. The van der Waals surface area contributed by atoms with Crippen LogP contribution in [-0.4, -0.2) is 31.2 Å². The van der Waals surface area contributed by atoms with Gasteiger partial charge in [-0.05, 0) is 23.9 Å². The number of hydrogen-bond donors (Lipinski definition) is 2. The molecule has 1 amide bonds. The maximum Gasteiger partial charge on any atom is 0.446 e. The van der Waals surface area contributed by atoms with E-state index in [9.17, 15) is 18.0 Å². The molecule has 0 radical (unpaired) electrons. The van der Waals surface area contributed by atoms with Crippen molar-refractivity contribution in [1.29, 1.82) is 0 Å². The molecule has 0 bridgehead atoms. The normalized spacial score (nSPS) is 13.1. The van der Waals surface area contributed by atoms with E-state index in [1.165, 1.54) is 31.4 Å². The molecule has 1 aromatic carbocycles. The lowest BCUT2D eigenvalue weighted by atomic mass is 10.3. The standard InChI is InChI=1S/C11H13F3N2O2S/c1-18-8(6-15)10(17)16-7-4-2-3-5-9(7)19-11(12,13)14/h2-5,8H,6,15H2,1H3,(H,16,17). The first kappa shape index (κ1) is 15.8. The Bertz CT molecular complexity index is 436. The number of benzene rings is 1. The Balaban J connectivity index is 2.86. The number of thioether (sulfide) groups is 1. The molecule has 1 unspecified atom stereocenters. The number of amides is 1. The number of hydrogen-bond acceptors (Lipinski definition) is 4. The van der Waals surface area contributed by atoms with Gasteiger partial charge in [0.2, 0.25) is 0 Å². The van der Waals surface area contributed by atoms with E-state index in [1.807, 2.05) is 0 Å². The molecule has 1 aromatic rings. The number of nitrogens with one attached hydrogen (secondary N) is 1. The fraction of sp³-hybridized carbons (Fsp3) is 0.364. The monoisotopic (exact) mass is 294 g/mol. The second-order valence-electron chi connectivity index (χ2n) is 3.49. The Kier molecular flexibility index (Phi) is 5.64. The van der Waals surface area contributed by atoms with Gasteiger partial charge in [0.25, 0.3) is 5.91 Å². The smallest absolute Gasteiger partial charge is 0.370 e. The second-order valence-corrected chi connectivity index (χ2v) is 4.60. The van der Waals surface area contributed by atoms with Gasteiger partial charge in [0.1, 0.15) is 6.10 Å². The Morgan fingerprint density at radius 3 is 2.63 bits per heavy atom. The largest absolute Gasteiger partial charge is 0.446 e. The lowest BCUT2D eigenvalue weighted by Gasteiger charge is -2.15. The van der Waals surface area contributed by atoms with E-state index in [0.29, 0.717) is 0 Å². The molecule has 0 aliphatic carbocycles. The lowest BCUT2D eigenvalue weighted by Crippen LogP contribution is -2.36. The van der Waals surface area contributed by atoms with Crippen molar-refractivity contribution in [3.8, 4) is 0 Å². The summed E-state index contributed by atoms with van der Waals surface area (Å²) >= 11 is -0.291. The summed E-state index contributed by atoms with van der Waals surface area (Å²) < 4.78 is 41.9. The predicted molar refractivity (Wildman–Crippen MR) is 66.8 cm³/mol. The second kappa shape index (κ2) is 6.78. The number of carbonyl (C=O) groups excluding carboxylic acids is 1. The van der Waals surface area contributed by atoms with Crippen LogP contribution in [-0.2, 0) is 9.53 Å². The van der Waals surface area contributed by atoms with Gasteiger partial charge in [-0.1, -0.05) is 12.1 Å². The van der Waals surface area contributed by atoms with Crippen LogP contribution in [0.25, 0.3) is 0 Å². The van der Waals surface area contributed by atoms with Gasteiger partial charge in [-0.3, -0.25) is 4.79 Å². The highest BCUT2D eigenvalue weighted by atomic mass is 32.2. The highest BCUT2D eigenvalue weighted by Crippen LogP contribution is 2.40. The van der Waals surface area contributed by atoms with Gasteiger partial charge in [-0.2, -0.15) is 13.2 Å². The number of anilines is 1. The molecular weight excluding hydrogens is 281 g/mol. The van der Waals surface area contributed by atoms with E-state index in [2.05, 4.69) is 5.32 Å². The zero-order valence-corrected chi connectivity index (χ0v) is 10.8. The predicted octanol–water partition coefficient (Wildman–Crippen LogP) is 2.21. The number of nitrogens with two attached hydrogens (primary N) is 1. The van der Waals surface area contributed by atoms with Gasteiger partial charge >= 0.3 is 5.51 Å². The third kappa shape index (κ3) is 5.09. The van der Waals surface area contributed by atoms with Crippen molar-refractivity contribution in [2.24, 2.45) is 5.73 Å². The molecule has 4 nitrogen and oxygen atoms in total. The van der Waals surface area contributed by atoms with Crippen LogP contribution in [0.2, 0.25) is 0 Å². The number of alkyl halides is 3. The van der Waals surface area contributed by atoms with Crippen LogP contribution < -0.4 is 11.1 Å². The van der Waals surface area contributed by atoms with Crippen molar-refractivity contribution in [3.05, 3.63) is 24.3 Å². The molecule has 0 heterocycles. The molecule has 1 atom stereocenters. The number of para-hydroxylation sites is 1. The van der Waals surface area contributed by atoms with Gasteiger partial charge < -0.3 is 15.8 Å². The first-order valence-electron chi connectivity index (χ1n) is 5.26. The van der Waals surface area contributed by atoms with Gasteiger partial charge in [-0.25, -0.2) is 0 Å². The lowest BCUT2D eigenvalue weighted by molar-refractivity contribution is -0.125. The average molecular weight is 294 g/mol. The van der Waals surface area contributed by atoms with Crippen molar-refractivity contribution in [1.82, 2.24) is 0 Å². The number of halogens is 3. The summed E-state index contributed by atoms with van der Waals surface area (Å²) in [7, 11) is 1.30. The molecule has 0 fully saturated rings. The molecule has 0 aliphatic heterocycles. The summed E-state index contributed by atoms with van der Waals surface area (Å²) in [5, 5.41) is 2.37. The van der Waals surface area contributed by atoms with E-state index < -0.39 is 17.5 Å². The molecule has 0 saturated heterocycles. The maximum absolute atomic E-state index is 12.4. The summed E-state index contributed by atoms with van der Waals surface area (Å²) in [4.78, 5) is 11.6. The van der Waals surface area contributed by atoms with Crippen LogP contribution in [0.1, 0.15) is 0 Å². The topological polar surface area (TPSA) is 64.3 Å². The van der Waals surface area contributed by atoms with Crippen molar-refractivity contribution < 1.29 is 22.7 Å². The molecule has 8 heteroatoms. The van der Waals surface area contributed by atoms with Gasteiger partial charge in [0.15, 0.2) is 0 Å².